The normalized spacial score (nSPS) is 13.1. The van der Waals surface area contributed by atoms with Gasteiger partial charge in [0.2, 0.25) is 0 Å². The highest BCUT2D eigenvalue weighted by Gasteiger charge is 1.83. The molecule has 0 heterocycles. The van der Waals surface area contributed by atoms with Crippen LogP contribution in [0.5, 0.6) is 0 Å². The molecule has 0 fully saturated rings. The first-order valence-corrected chi connectivity index (χ1v) is 3.90. The van der Waals surface area contributed by atoms with Crippen molar-refractivity contribution in [2.24, 2.45) is 0 Å². The monoisotopic (exact) mass is 148 g/mol. The molecule has 0 N–H and O–H groups in total. The van der Waals surface area contributed by atoms with Crippen LogP contribution in [0.3, 0.4) is 0 Å². The molecule has 0 atom stereocenters. The van der Waals surface area contributed by atoms with Gasteiger partial charge in [0.1, 0.15) is 0 Å². The highest BCUT2D eigenvalue weighted by atomic mass is 13.9. The van der Waals surface area contributed by atoms with Crippen molar-refractivity contribution in [1.82, 2.24) is 0 Å². The molecule has 0 aromatic heterocycles. The SMILES string of the molecule is C=CC=CCC(C=CC)=CC. The lowest BCUT2D eigenvalue weighted by atomic mass is 10.1. The molecule has 0 bridgehead atoms. The third kappa shape index (κ3) is 5.41. The molecule has 0 rings (SSSR count). The summed E-state index contributed by atoms with van der Waals surface area (Å²) in [4.78, 5) is 0. The van der Waals surface area contributed by atoms with Gasteiger partial charge in [-0.15, -0.1) is 0 Å². The second-order valence-electron chi connectivity index (χ2n) is 2.23. The van der Waals surface area contributed by atoms with Crippen LogP contribution in [0.25, 0.3) is 0 Å². The van der Waals surface area contributed by atoms with E-state index < -0.39 is 0 Å². The Balaban J connectivity index is 3.90. The van der Waals surface area contributed by atoms with Crippen molar-refractivity contribution in [2.45, 2.75) is 20.3 Å². The summed E-state index contributed by atoms with van der Waals surface area (Å²) >= 11 is 0. The Morgan fingerprint density at radius 2 is 2.09 bits per heavy atom. The van der Waals surface area contributed by atoms with Crippen molar-refractivity contribution in [3.63, 3.8) is 0 Å². The fourth-order valence-electron chi connectivity index (χ4n) is 0.797. The minimum absolute atomic E-state index is 0.993. The average Bonchev–Trinajstić information content (AvgIpc) is 2.03. The molecule has 0 aromatic rings. The Labute approximate surface area is 69.6 Å². The van der Waals surface area contributed by atoms with Gasteiger partial charge in [0.15, 0.2) is 0 Å². The van der Waals surface area contributed by atoms with Crippen molar-refractivity contribution >= 4 is 0 Å². The summed E-state index contributed by atoms with van der Waals surface area (Å²) < 4.78 is 0. The standard InChI is InChI=1S/C11H16/c1-4-7-8-10-11(6-3)9-5-2/h4-9H,1,10H2,2-3H3. The Hall–Kier alpha value is -1.04. The molecule has 0 saturated heterocycles. The molecule has 11 heavy (non-hydrogen) atoms. The molecule has 0 heteroatoms. The van der Waals surface area contributed by atoms with Crippen LogP contribution in [0.2, 0.25) is 0 Å². The molecule has 0 aliphatic heterocycles. The van der Waals surface area contributed by atoms with E-state index in [1.54, 1.807) is 6.08 Å². The average molecular weight is 148 g/mol. The molecule has 0 saturated carbocycles. The topological polar surface area (TPSA) is 0 Å². The zero-order valence-corrected chi connectivity index (χ0v) is 7.38. The molecule has 60 valence electrons. The Morgan fingerprint density at radius 3 is 2.55 bits per heavy atom. The first kappa shape index (κ1) is 9.96. The van der Waals surface area contributed by atoms with Crippen molar-refractivity contribution < 1.29 is 0 Å². The zero-order valence-electron chi connectivity index (χ0n) is 7.38. The highest BCUT2D eigenvalue weighted by Crippen LogP contribution is 2.03. The van der Waals surface area contributed by atoms with Gasteiger partial charge in [-0.1, -0.05) is 43.0 Å². The van der Waals surface area contributed by atoms with Gasteiger partial charge < -0.3 is 0 Å². The summed E-state index contributed by atoms with van der Waals surface area (Å²) in [5, 5.41) is 0. The minimum Gasteiger partial charge on any atom is -0.0991 e. The molecule has 0 unspecified atom stereocenters. The van der Waals surface area contributed by atoms with Crippen LogP contribution >= 0.6 is 0 Å². The van der Waals surface area contributed by atoms with Gasteiger partial charge in [0.05, 0.1) is 0 Å². The lowest BCUT2D eigenvalue weighted by Crippen LogP contribution is -1.72. The van der Waals surface area contributed by atoms with E-state index in [1.165, 1.54) is 5.57 Å². The van der Waals surface area contributed by atoms with Gasteiger partial charge in [-0.25, -0.2) is 0 Å². The highest BCUT2D eigenvalue weighted by molar-refractivity contribution is 5.21. The molecule has 0 nitrogen and oxygen atoms in total. The van der Waals surface area contributed by atoms with Gasteiger partial charge in [0.25, 0.3) is 0 Å². The van der Waals surface area contributed by atoms with E-state index in [-0.39, 0.29) is 0 Å². The van der Waals surface area contributed by atoms with Crippen LogP contribution < -0.4 is 0 Å². The molecule has 0 spiro atoms. The summed E-state index contributed by atoms with van der Waals surface area (Å²) in [6, 6.07) is 0. The largest absolute Gasteiger partial charge is 0.0991 e. The Morgan fingerprint density at radius 1 is 1.36 bits per heavy atom. The van der Waals surface area contributed by atoms with Gasteiger partial charge in [-0.05, 0) is 25.8 Å². The first-order chi connectivity index (χ1) is 5.35. The first-order valence-electron chi connectivity index (χ1n) is 3.90. The van der Waals surface area contributed by atoms with Crippen LogP contribution in [-0.4, -0.2) is 0 Å². The maximum atomic E-state index is 3.61. The molecule has 0 aliphatic carbocycles. The lowest BCUT2D eigenvalue weighted by Gasteiger charge is -1.92. The second kappa shape index (κ2) is 7.07. The molecule has 0 aromatic carbocycles. The minimum atomic E-state index is 0.993. The molecule has 0 aliphatic rings. The van der Waals surface area contributed by atoms with E-state index in [0.29, 0.717) is 0 Å². The summed E-state index contributed by atoms with van der Waals surface area (Å²) in [7, 11) is 0. The maximum absolute atomic E-state index is 3.61. The van der Waals surface area contributed by atoms with Crippen LogP contribution in [0.4, 0.5) is 0 Å². The Bertz CT molecular complexity index is 180. The van der Waals surface area contributed by atoms with E-state index in [4.69, 9.17) is 0 Å². The summed E-state index contributed by atoms with van der Waals surface area (Å²) in [5.74, 6) is 0. The van der Waals surface area contributed by atoms with Crippen LogP contribution in [0, 0.1) is 0 Å². The second-order valence-corrected chi connectivity index (χ2v) is 2.23. The lowest BCUT2D eigenvalue weighted by molar-refractivity contribution is 1.27. The smallest absolute Gasteiger partial charge is 0.00977 e. The van der Waals surface area contributed by atoms with Gasteiger partial charge in [-0.2, -0.15) is 0 Å². The third-order valence-electron chi connectivity index (χ3n) is 1.38. The van der Waals surface area contributed by atoms with E-state index in [0.717, 1.165) is 6.42 Å². The van der Waals surface area contributed by atoms with E-state index >= 15 is 0 Å². The Kier molecular flexibility index (Phi) is 6.40. The number of hydrogen-bond acceptors (Lipinski definition) is 0. The molecular weight excluding hydrogens is 132 g/mol. The number of hydrogen-bond donors (Lipinski definition) is 0. The van der Waals surface area contributed by atoms with Crippen molar-refractivity contribution in [2.75, 3.05) is 0 Å². The molecule has 0 amide bonds. The quantitative estimate of drug-likeness (QED) is 0.534. The van der Waals surface area contributed by atoms with Gasteiger partial charge in [-0.3, -0.25) is 0 Å². The summed E-state index contributed by atoms with van der Waals surface area (Å²) in [6.45, 7) is 7.69. The van der Waals surface area contributed by atoms with E-state index in [1.807, 2.05) is 13.0 Å². The number of rotatable bonds is 4. The maximum Gasteiger partial charge on any atom is -0.00977 e. The fourth-order valence-corrected chi connectivity index (χ4v) is 0.797. The van der Waals surface area contributed by atoms with Crippen LogP contribution in [0.15, 0.2) is 48.6 Å². The van der Waals surface area contributed by atoms with Gasteiger partial charge in [0, 0.05) is 0 Å². The van der Waals surface area contributed by atoms with Crippen molar-refractivity contribution in [1.29, 1.82) is 0 Å². The van der Waals surface area contributed by atoms with E-state index in [9.17, 15) is 0 Å². The van der Waals surface area contributed by atoms with Crippen molar-refractivity contribution in [3.05, 3.63) is 48.6 Å². The van der Waals surface area contributed by atoms with Gasteiger partial charge >= 0.3 is 0 Å². The van der Waals surface area contributed by atoms with Crippen LogP contribution in [0.1, 0.15) is 20.3 Å². The molecular formula is C11H16. The number of allylic oxidation sites excluding steroid dienone is 7. The van der Waals surface area contributed by atoms with Crippen LogP contribution in [-0.2, 0) is 0 Å². The van der Waals surface area contributed by atoms with E-state index in [2.05, 4.69) is 37.8 Å². The zero-order chi connectivity index (χ0) is 8.53. The predicted octanol–water partition coefficient (Wildman–Crippen LogP) is 3.64. The summed E-state index contributed by atoms with van der Waals surface area (Å²) in [6.07, 6.45) is 13.1. The fraction of sp³-hybridized carbons (Fsp3) is 0.273. The summed E-state index contributed by atoms with van der Waals surface area (Å²) in [5.41, 5.74) is 1.34. The van der Waals surface area contributed by atoms with Crippen molar-refractivity contribution in [3.8, 4) is 0 Å². The molecule has 0 radical (unpaired) electrons. The predicted molar refractivity (Wildman–Crippen MR) is 52.5 cm³/mol. The third-order valence-corrected chi connectivity index (χ3v) is 1.38.